The van der Waals surface area contributed by atoms with Crippen molar-refractivity contribution in [3.63, 3.8) is 0 Å². The van der Waals surface area contributed by atoms with Gasteiger partial charge in [0.2, 0.25) is 0 Å². The van der Waals surface area contributed by atoms with E-state index in [0.29, 0.717) is 13.2 Å². The minimum atomic E-state index is -0.517. The van der Waals surface area contributed by atoms with Crippen LogP contribution in [0.15, 0.2) is 78.9 Å². The standard InChI is InChI=1S/C25H27ClN2O2/c26-22-7-4-8-23(17-22)28-15-13-27(14-16-28)18-24(29)19-30-25-11-9-21(10-12-25)20-5-2-1-3-6-20/h1-12,17,24,29H,13-16,18-19H2/t24-/m1/s1. The zero-order valence-corrected chi connectivity index (χ0v) is 17.7. The maximum atomic E-state index is 10.4. The van der Waals surface area contributed by atoms with Crippen molar-refractivity contribution in [1.82, 2.24) is 4.90 Å². The van der Waals surface area contributed by atoms with Crippen LogP contribution in [0.5, 0.6) is 5.75 Å². The Labute approximate surface area is 183 Å². The lowest BCUT2D eigenvalue weighted by Gasteiger charge is -2.36. The van der Waals surface area contributed by atoms with Crippen LogP contribution in [0.2, 0.25) is 5.02 Å². The van der Waals surface area contributed by atoms with Crippen LogP contribution in [0.4, 0.5) is 5.69 Å². The number of anilines is 1. The molecule has 30 heavy (non-hydrogen) atoms. The van der Waals surface area contributed by atoms with Crippen molar-refractivity contribution in [2.24, 2.45) is 0 Å². The van der Waals surface area contributed by atoms with Gasteiger partial charge in [0, 0.05) is 43.4 Å². The van der Waals surface area contributed by atoms with E-state index in [1.807, 2.05) is 60.7 Å². The summed E-state index contributed by atoms with van der Waals surface area (Å²) in [5, 5.41) is 11.2. The minimum Gasteiger partial charge on any atom is -0.491 e. The SMILES string of the molecule is O[C@@H](COc1ccc(-c2ccccc2)cc1)CN1CCN(c2cccc(Cl)c2)CC1. The molecule has 156 valence electrons. The predicted octanol–water partition coefficient (Wildman–Crippen LogP) is 4.57. The Morgan fingerprint density at radius 3 is 2.23 bits per heavy atom. The van der Waals surface area contributed by atoms with E-state index in [9.17, 15) is 5.11 Å². The first-order valence-corrected chi connectivity index (χ1v) is 10.7. The van der Waals surface area contributed by atoms with Crippen molar-refractivity contribution in [3.05, 3.63) is 83.9 Å². The van der Waals surface area contributed by atoms with Gasteiger partial charge in [0.15, 0.2) is 0 Å². The third-order valence-corrected chi connectivity index (χ3v) is 5.65. The zero-order chi connectivity index (χ0) is 20.8. The minimum absolute atomic E-state index is 0.291. The van der Waals surface area contributed by atoms with E-state index < -0.39 is 6.10 Å². The fourth-order valence-corrected chi connectivity index (χ4v) is 3.96. The summed E-state index contributed by atoms with van der Waals surface area (Å²) < 4.78 is 5.80. The van der Waals surface area contributed by atoms with Gasteiger partial charge in [-0.15, -0.1) is 0 Å². The average molecular weight is 423 g/mol. The molecule has 0 saturated carbocycles. The van der Waals surface area contributed by atoms with E-state index in [-0.39, 0.29) is 0 Å². The number of aliphatic hydroxyl groups is 1. The van der Waals surface area contributed by atoms with Crippen LogP contribution in [0.1, 0.15) is 0 Å². The lowest BCUT2D eigenvalue weighted by atomic mass is 10.1. The highest BCUT2D eigenvalue weighted by Gasteiger charge is 2.20. The van der Waals surface area contributed by atoms with Crippen LogP contribution in [-0.4, -0.2) is 55.4 Å². The molecule has 4 nitrogen and oxygen atoms in total. The van der Waals surface area contributed by atoms with Gasteiger partial charge in [-0.1, -0.05) is 60.1 Å². The Bertz CT molecular complexity index is 925. The summed E-state index contributed by atoms with van der Waals surface area (Å²) in [6, 6.07) is 26.2. The van der Waals surface area contributed by atoms with E-state index in [1.54, 1.807) is 0 Å². The molecule has 5 heteroatoms. The molecule has 0 aromatic heterocycles. The summed E-state index contributed by atoms with van der Waals surface area (Å²) in [5.41, 5.74) is 3.49. The van der Waals surface area contributed by atoms with E-state index in [0.717, 1.165) is 48.2 Å². The molecule has 1 N–H and O–H groups in total. The summed E-state index contributed by atoms with van der Waals surface area (Å²) in [4.78, 5) is 4.62. The van der Waals surface area contributed by atoms with Gasteiger partial charge in [0.05, 0.1) is 0 Å². The quantitative estimate of drug-likeness (QED) is 0.605. The topological polar surface area (TPSA) is 35.9 Å². The molecule has 4 rings (SSSR count). The van der Waals surface area contributed by atoms with E-state index in [4.69, 9.17) is 16.3 Å². The number of β-amino-alcohol motifs (C(OH)–C–C–N with tert-alkyl or cyclic N) is 1. The summed E-state index contributed by atoms with van der Waals surface area (Å²) in [6.07, 6.45) is -0.517. The van der Waals surface area contributed by atoms with Gasteiger partial charge in [-0.2, -0.15) is 0 Å². The van der Waals surface area contributed by atoms with Crippen molar-refractivity contribution in [2.45, 2.75) is 6.10 Å². The lowest BCUT2D eigenvalue weighted by molar-refractivity contribution is 0.0663. The highest BCUT2D eigenvalue weighted by Crippen LogP contribution is 2.23. The number of ether oxygens (including phenoxy) is 1. The van der Waals surface area contributed by atoms with E-state index in [2.05, 4.69) is 28.0 Å². The van der Waals surface area contributed by atoms with Crippen LogP contribution in [0, 0.1) is 0 Å². The first-order valence-electron chi connectivity index (χ1n) is 10.4. The van der Waals surface area contributed by atoms with Crippen molar-refractivity contribution < 1.29 is 9.84 Å². The second kappa shape index (κ2) is 9.98. The normalized spacial score (nSPS) is 15.7. The number of aliphatic hydroxyl groups excluding tert-OH is 1. The zero-order valence-electron chi connectivity index (χ0n) is 17.0. The summed E-state index contributed by atoms with van der Waals surface area (Å²) >= 11 is 6.10. The molecule has 1 saturated heterocycles. The summed E-state index contributed by atoms with van der Waals surface area (Å²) in [7, 11) is 0. The monoisotopic (exact) mass is 422 g/mol. The highest BCUT2D eigenvalue weighted by atomic mass is 35.5. The second-order valence-corrected chi connectivity index (χ2v) is 8.06. The second-order valence-electron chi connectivity index (χ2n) is 7.62. The largest absolute Gasteiger partial charge is 0.491 e. The molecular formula is C25H27ClN2O2. The predicted molar refractivity (Wildman–Crippen MR) is 123 cm³/mol. The van der Waals surface area contributed by atoms with Crippen molar-refractivity contribution in [1.29, 1.82) is 0 Å². The van der Waals surface area contributed by atoms with Crippen molar-refractivity contribution in [2.75, 3.05) is 44.2 Å². The molecule has 1 heterocycles. The molecule has 0 unspecified atom stereocenters. The molecule has 1 fully saturated rings. The molecule has 1 aliphatic rings. The molecule has 3 aromatic carbocycles. The lowest BCUT2D eigenvalue weighted by Crippen LogP contribution is -2.49. The van der Waals surface area contributed by atoms with Gasteiger partial charge in [0.25, 0.3) is 0 Å². The average Bonchev–Trinajstić information content (AvgIpc) is 2.79. The number of piperazine rings is 1. The van der Waals surface area contributed by atoms with E-state index in [1.165, 1.54) is 5.56 Å². The van der Waals surface area contributed by atoms with Crippen LogP contribution in [0.3, 0.4) is 0 Å². The number of nitrogens with zero attached hydrogens (tertiary/aromatic N) is 2. The summed E-state index contributed by atoms with van der Waals surface area (Å²) in [5.74, 6) is 0.777. The Morgan fingerprint density at radius 1 is 0.833 bits per heavy atom. The van der Waals surface area contributed by atoms with Crippen LogP contribution in [-0.2, 0) is 0 Å². The number of halogens is 1. The smallest absolute Gasteiger partial charge is 0.119 e. The third-order valence-electron chi connectivity index (χ3n) is 5.42. The fourth-order valence-electron chi connectivity index (χ4n) is 3.78. The van der Waals surface area contributed by atoms with E-state index >= 15 is 0 Å². The number of hydrogen-bond acceptors (Lipinski definition) is 4. The molecular weight excluding hydrogens is 396 g/mol. The Hall–Kier alpha value is -2.53. The molecule has 1 atom stereocenters. The van der Waals surface area contributed by atoms with Crippen molar-refractivity contribution in [3.8, 4) is 16.9 Å². The van der Waals surface area contributed by atoms with Gasteiger partial charge >= 0.3 is 0 Å². The maximum absolute atomic E-state index is 10.4. The number of hydrogen-bond donors (Lipinski definition) is 1. The van der Waals surface area contributed by atoms with Crippen LogP contribution < -0.4 is 9.64 Å². The number of rotatable bonds is 7. The van der Waals surface area contributed by atoms with Gasteiger partial charge in [0.1, 0.15) is 18.5 Å². The van der Waals surface area contributed by atoms with Gasteiger partial charge in [-0.25, -0.2) is 0 Å². The first-order chi connectivity index (χ1) is 14.7. The third kappa shape index (κ3) is 5.54. The molecule has 0 aliphatic carbocycles. The van der Waals surface area contributed by atoms with Crippen molar-refractivity contribution >= 4 is 17.3 Å². The molecule has 0 bridgehead atoms. The van der Waals surface area contributed by atoms with Gasteiger partial charge in [-0.3, -0.25) is 4.90 Å². The first kappa shape index (κ1) is 20.7. The Balaban J connectivity index is 1.21. The molecule has 3 aromatic rings. The maximum Gasteiger partial charge on any atom is 0.119 e. The van der Waals surface area contributed by atoms with Crippen LogP contribution >= 0.6 is 11.6 Å². The summed E-state index contributed by atoms with van der Waals surface area (Å²) in [6.45, 7) is 4.58. The molecule has 0 spiro atoms. The van der Waals surface area contributed by atoms with Gasteiger partial charge < -0.3 is 14.7 Å². The highest BCUT2D eigenvalue weighted by molar-refractivity contribution is 6.30. The molecule has 0 radical (unpaired) electrons. The number of benzene rings is 3. The van der Waals surface area contributed by atoms with Gasteiger partial charge in [-0.05, 0) is 41.5 Å². The van der Waals surface area contributed by atoms with Crippen LogP contribution in [0.25, 0.3) is 11.1 Å². The molecule has 0 amide bonds. The Kier molecular flexibility index (Phi) is 6.90. The molecule has 1 aliphatic heterocycles. The fraction of sp³-hybridized carbons (Fsp3) is 0.280. The Morgan fingerprint density at radius 2 is 1.53 bits per heavy atom.